The third kappa shape index (κ3) is 2.80. The van der Waals surface area contributed by atoms with Crippen molar-refractivity contribution in [3.63, 3.8) is 0 Å². The van der Waals surface area contributed by atoms with Crippen LogP contribution in [-0.2, 0) is 9.59 Å². The Balaban J connectivity index is 1.99. The summed E-state index contributed by atoms with van der Waals surface area (Å²) in [5, 5.41) is 12.5. The molecule has 102 valence electrons. The summed E-state index contributed by atoms with van der Waals surface area (Å²) in [5.74, 6) is 1.09. The first-order valence-electron chi connectivity index (χ1n) is 6.36. The molecule has 2 N–H and O–H groups in total. The average molecular weight is 272 g/mol. The first-order chi connectivity index (χ1) is 8.53. The highest BCUT2D eigenvalue weighted by molar-refractivity contribution is 7.99. The molecule has 0 radical (unpaired) electrons. The number of likely N-dealkylation sites (tertiary alicyclic amines) is 1. The zero-order valence-electron chi connectivity index (χ0n) is 10.6. The van der Waals surface area contributed by atoms with Gasteiger partial charge in [0.2, 0.25) is 5.91 Å². The van der Waals surface area contributed by atoms with E-state index in [4.69, 9.17) is 0 Å². The highest BCUT2D eigenvalue weighted by Crippen LogP contribution is 2.30. The maximum atomic E-state index is 12.3. The minimum Gasteiger partial charge on any atom is -0.481 e. The van der Waals surface area contributed by atoms with E-state index in [-0.39, 0.29) is 11.9 Å². The number of carboxylic acid groups (broad SMARTS) is 1. The number of rotatable bonds is 2. The Morgan fingerprint density at radius 1 is 1.50 bits per heavy atom. The van der Waals surface area contributed by atoms with Crippen LogP contribution >= 0.6 is 11.8 Å². The zero-order chi connectivity index (χ0) is 13.2. The molecule has 18 heavy (non-hydrogen) atoms. The molecule has 6 heteroatoms. The highest BCUT2D eigenvalue weighted by Gasteiger charge is 2.40. The van der Waals surface area contributed by atoms with E-state index in [0.29, 0.717) is 19.5 Å². The lowest BCUT2D eigenvalue weighted by Crippen LogP contribution is -2.55. The van der Waals surface area contributed by atoms with E-state index >= 15 is 0 Å². The van der Waals surface area contributed by atoms with Gasteiger partial charge in [-0.3, -0.25) is 9.59 Å². The Labute approximate surface area is 111 Å². The van der Waals surface area contributed by atoms with Gasteiger partial charge in [0.15, 0.2) is 0 Å². The quantitative estimate of drug-likeness (QED) is 0.762. The van der Waals surface area contributed by atoms with Gasteiger partial charge >= 0.3 is 5.97 Å². The van der Waals surface area contributed by atoms with Gasteiger partial charge < -0.3 is 15.3 Å². The second-order valence-electron chi connectivity index (χ2n) is 5.31. The first-order valence-corrected chi connectivity index (χ1v) is 7.52. The van der Waals surface area contributed by atoms with Gasteiger partial charge in [-0.1, -0.05) is 0 Å². The topological polar surface area (TPSA) is 69.6 Å². The van der Waals surface area contributed by atoms with Crippen LogP contribution < -0.4 is 5.32 Å². The van der Waals surface area contributed by atoms with Gasteiger partial charge in [-0.2, -0.15) is 11.8 Å². The maximum Gasteiger partial charge on any atom is 0.311 e. The third-order valence-corrected chi connectivity index (χ3v) is 4.81. The molecule has 2 unspecified atom stereocenters. The van der Waals surface area contributed by atoms with Crippen LogP contribution in [0.5, 0.6) is 0 Å². The summed E-state index contributed by atoms with van der Waals surface area (Å²) in [7, 11) is 0. The van der Waals surface area contributed by atoms with Gasteiger partial charge in [-0.05, 0) is 19.8 Å². The van der Waals surface area contributed by atoms with Gasteiger partial charge in [0.25, 0.3) is 0 Å². The number of hydrogen-bond acceptors (Lipinski definition) is 4. The fourth-order valence-electron chi connectivity index (χ4n) is 2.55. The van der Waals surface area contributed by atoms with E-state index in [0.717, 1.165) is 24.5 Å². The molecule has 0 aromatic carbocycles. The van der Waals surface area contributed by atoms with E-state index in [9.17, 15) is 14.7 Å². The Hall–Kier alpha value is -0.750. The summed E-state index contributed by atoms with van der Waals surface area (Å²) >= 11 is 1.78. The summed E-state index contributed by atoms with van der Waals surface area (Å²) in [6, 6.07) is -0.139. The molecule has 2 fully saturated rings. The van der Waals surface area contributed by atoms with Crippen molar-refractivity contribution in [2.75, 3.05) is 31.1 Å². The molecule has 2 aliphatic rings. The van der Waals surface area contributed by atoms with Crippen molar-refractivity contribution in [2.24, 2.45) is 5.41 Å². The van der Waals surface area contributed by atoms with Crippen LogP contribution in [0.3, 0.4) is 0 Å². The molecular weight excluding hydrogens is 252 g/mol. The van der Waals surface area contributed by atoms with Gasteiger partial charge in [0.05, 0.1) is 11.5 Å². The summed E-state index contributed by atoms with van der Waals surface area (Å²) in [6.45, 7) is 3.61. The molecule has 0 saturated carbocycles. The van der Waals surface area contributed by atoms with Crippen molar-refractivity contribution < 1.29 is 14.7 Å². The second kappa shape index (κ2) is 5.48. The fraction of sp³-hybridized carbons (Fsp3) is 0.833. The summed E-state index contributed by atoms with van der Waals surface area (Å²) in [4.78, 5) is 25.3. The molecule has 2 heterocycles. The molecule has 0 aromatic rings. The summed E-state index contributed by atoms with van der Waals surface area (Å²) < 4.78 is 0. The minimum atomic E-state index is -0.800. The van der Waals surface area contributed by atoms with Crippen LogP contribution in [0, 0.1) is 5.41 Å². The second-order valence-corrected chi connectivity index (χ2v) is 6.46. The van der Waals surface area contributed by atoms with Gasteiger partial charge in [-0.25, -0.2) is 0 Å². The normalized spacial score (nSPS) is 33.2. The molecule has 5 nitrogen and oxygen atoms in total. The van der Waals surface area contributed by atoms with Gasteiger partial charge in [0.1, 0.15) is 0 Å². The molecule has 0 spiro atoms. The average Bonchev–Trinajstić information content (AvgIpc) is 2.39. The third-order valence-electron chi connectivity index (χ3n) is 3.74. The number of nitrogens with zero attached hydrogens (tertiary/aromatic N) is 1. The van der Waals surface area contributed by atoms with Crippen LogP contribution in [0.2, 0.25) is 0 Å². The maximum absolute atomic E-state index is 12.3. The van der Waals surface area contributed by atoms with E-state index in [1.165, 1.54) is 0 Å². The molecule has 2 aliphatic heterocycles. The van der Waals surface area contributed by atoms with Gasteiger partial charge in [-0.15, -0.1) is 0 Å². The first kappa shape index (κ1) is 13.7. The van der Waals surface area contributed by atoms with Gasteiger partial charge in [0, 0.05) is 31.1 Å². The molecular formula is C12H20N2O3S. The number of thioether (sulfide) groups is 1. The number of hydrogen-bond donors (Lipinski definition) is 2. The number of carbonyl (C=O) groups is 2. The van der Waals surface area contributed by atoms with E-state index in [1.54, 1.807) is 23.6 Å². The van der Waals surface area contributed by atoms with Crippen LogP contribution in [0.15, 0.2) is 0 Å². The molecule has 1 amide bonds. The predicted molar refractivity (Wildman–Crippen MR) is 70.7 cm³/mol. The lowest BCUT2D eigenvalue weighted by molar-refractivity contribution is -0.153. The van der Waals surface area contributed by atoms with Crippen molar-refractivity contribution in [1.82, 2.24) is 10.2 Å². The lowest BCUT2D eigenvalue weighted by atomic mass is 9.82. The number of aliphatic carboxylic acids is 1. The Bertz CT molecular complexity index is 344. The standard InChI is InChI=1S/C12H20N2O3S/c1-12(11(16)17)3-2-5-14(8-12)10(15)9-7-18-6-4-13-9/h9,13H,2-8H2,1H3,(H,16,17). The van der Waals surface area contributed by atoms with Crippen LogP contribution in [0.25, 0.3) is 0 Å². The molecule has 2 saturated heterocycles. The summed E-state index contributed by atoms with van der Waals surface area (Å²) in [5.41, 5.74) is -0.782. The van der Waals surface area contributed by atoms with Crippen LogP contribution in [0.4, 0.5) is 0 Å². The number of amides is 1. The highest BCUT2D eigenvalue weighted by atomic mass is 32.2. The fourth-order valence-corrected chi connectivity index (χ4v) is 3.47. The lowest BCUT2D eigenvalue weighted by Gasteiger charge is -2.39. The number of carboxylic acids is 1. The van der Waals surface area contributed by atoms with Crippen molar-refractivity contribution in [2.45, 2.75) is 25.8 Å². The number of carbonyl (C=O) groups excluding carboxylic acids is 1. The van der Waals surface area contributed by atoms with Crippen molar-refractivity contribution in [3.05, 3.63) is 0 Å². The SMILES string of the molecule is CC1(C(=O)O)CCCN(C(=O)C2CSCCN2)C1. The molecule has 2 rings (SSSR count). The summed E-state index contributed by atoms with van der Waals surface area (Å²) in [6.07, 6.45) is 1.42. The van der Waals surface area contributed by atoms with E-state index in [2.05, 4.69) is 5.32 Å². The van der Waals surface area contributed by atoms with E-state index < -0.39 is 11.4 Å². The van der Waals surface area contributed by atoms with E-state index in [1.807, 2.05) is 0 Å². The predicted octanol–water partition coefficient (Wildman–Crippen LogP) is 0.405. The monoisotopic (exact) mass is 272 g/mol. The largest absolute Gasteiger partial charge is 0.481 e. The smallest absolute Gasteiger partial charge is 0.311 e. The minimum absolute atomic E-state index is 0.0642. The Morgan fingerprint density at radius 2 is 2.28 bits per heavy atom. The van der Waals surface area contributed by atoms with Crippen LogP contribution in [0.1, 0.15) is 19.8 Å². The Kier molecular flexibility index (Phi) is 4.17. The van der Waals surface area contributed by atoms with Crippen molar-refractivity contribution in [3.8, 4) is 0 Å². The molecule has 2 atom stereocenters. The Morgan fingerprint density at radius 3 is 2.89 bits per heavy atom. The number of nitrogens with one attached hydrogen (secondary N) is 1. The van der Waals surface area contributed by atoms with Crippen molar-refractivity contribution in [1.29, 1.82) is 0 Å². The molecule has 0 aromatic heterocycles. The molecule has 0 bridgehead atoms. The number of piperidine rings is 1. The molecule has 0 aliphatic carbocycles. The van der Waals surface area contributed by atoms with Crippen LogP contribution in [-0.4, -0.2) is 59.1 Å². The zero-order valence-corrected chi connectivity index (χ0v) is 11.5. The van der Waals surface area contributed by atoms with Crippen molar-refractivity contribution >= 4 is 23.6 Å².